The molecule has 0 radical (unpaired) electrons. The standard InChI is InChI=1S/C16H15NO4.C8H7ClO2.C8H9NO2.Na.H2O/c18-15(19)14(13-9-5-2-6-10-13)17-16(20)21-11-12-7-3-1-4-8-12;9-8(10)11-6-7-4-2-1-3-5-7;9-7(8(10)11)6-4-2-1-3-5-6;;/h1-10,14H,11H2,(H,17,20)(H,18,19);1-5H,6H2;1-5,7H,9H2,(H,10,11);;1H2/q;;;+1;/p-1/t14-;;7-;;/m0.0../s1. The molecule has 0 saturated carbocycles. The molecule has 0 aliphatic heterocycles. The van der Waals surface area contributed by atoms with Gasteiger partial charge in [-0.05, 0) is 22.3 Å². The molecule has 0 aromatic heterocycles. The molecule has 0 spiro atoms. The van der Waals surface area contributed by atoms with Crippen LogP contribution in [0.4, 0.5) is 9.59 Å². The number of amides is 1. The van der Waals surface area contributed by atoms with Crippen molar-refractivity contribution in [3.63, 3.8) is 0 Å². The van der Waals surface area contributed by atoms with Gasteiger partial charge < -0.3 is 36.2 Å². The molecule has 6 N–H and O–H groups in total. The van der Waals surface area contributed by atoms with Crippen LogP contribution in [0.3, 0.4) is 0 Å². The number of hydrogen-bond acceptors (Lipinski definition) is 8. The number of ether oxygens (including phenoxy) is 2. The molecule has 0 fully saturated rings. The van der Waals surface area contributed by atoms with E-state index in [1.165, 1.54) is 0 Å². The minimum Gasteiger partial charge on any atom is -0.870 e. The van der Waals surface area contributed by atoms with Crippen molar-refractivity contribution < 1.29 is 73.9 Å². The molecule has 11 nitrogen and oxygen atoms in total. The van der Waals surface area contributed by atoms with Gasteiger partial charge >= 0.3 is 53.0 Å². The molecule has 2 atom stereocenters. The predicted octanol–water partition coefficient (Wildman–Crippen LogP) is 2.90. The topological polar surface area (TPSA) is 195 Å². The number of carboxylic acid groups (broad SMARTS) is 2. The fourth-order valence-corrected chi connectivity index (χ4v) is 3.39. The number of carboxylic acids is 2. The average Bonchev–Trinajstić information content (AvgIpc) is 3.03. The fourth-order valence-electron chi connectivity index (χ4n) is 3.33. The van der Waals surface area contributed by atoms with Gasteiger partial charge in [-0.1, -0.05) is 121 Å². The van der Waals surface area contributed by atoms with Crippen molar-refractivity contribution in [3.8, 4) is 0 Å². The van der Waals surface area contributed by atoms with Crippen LogP contribution in [0.15, 0.2) is 121 Å². The summed E-state index contributed by atoms with van der Waals surface area (Å²) in [6, 6.07) is 33.7. The smallest absolute Gasteiger partial charge is 0.870 e. The van der Waals surface area contributed by atoms with Crippen molar-refractivity contribution in [3.05, 3.63) is 144 Å². The Kier molecular flexibility index (Phi) is 21.0. The number of carbonyl (C=O) groups excluding carboxylic acids is 2. The number of alkyl carbamates (subject to hydrolysis) is 1. The van der Waals surface area contributed by atoms with Gasteiger partial charge in [0.1, 0.15) is 19.3 Å². The third kappa shape index (κ3) is 17.0. The molecule has 0 bridgehead atoms. The first kappa shape index (κ1) is 40.8. The Hall–Kier alpha value is -4.23. The maximum Gasteiger partial charge on any atom is 1.00 e. The third-order valence-electron chi connectivity index (χ3n) is 5.47. The van der Waals surface area contributed by atoms with E-state index in [-0.39, 0.29) is 48.2 Å². The summed E-state index contributed by atoms with van der Waals surface area (Å²) in [7, 11) is 0. The van der Waals surface area contributed by atoms with Crippen LogP contribution in [0.1, 0.15) is 34.3 Å². The van der Waals surface area contributed by atoms with Crippen molar-refractivity contribution >= 4 is 35.1 Å². The molecule has 1 amide bonds. The first-order valence-electron chi connectivity index (χ1n) is 12.8. The Balaban J connectivity index is 0.000000688. The second-order valence-electron chi connectivity index (χ2n) is 8.63. The number of benzene rings is 4. The molecular formula is C32H32ClN2NaO9. The largest absolute Gasteiger partial charge is 1.00 e. The zero-order valence-corrected chi connectivity index (χ0v) is 27.1. The molecule has 0 aliphatic rings. The predicted molar refractivity (Wildman–Crippen MR) is 162 cm³/mol. The van der Waals surface area contributed by atoms with Gasteiger partial charge in [-0.3, -0.25) is 4.79 Å². The van der Waals surface area contributed by atoms with E-state index in [0.29, 0.717) is 11.1 Å². The molecule has 0 unspecified atom stereocenters. The maximum absolute atomic E-state index is 11.7. The second kappa shape index (κ2) is 23.2. The summed E-state index contributed by atoms with van der Waals surface area (Å²) in [5.74, 6) is -2.14. The Morgan fingerprint density at radius 3 is 1.40 bits per heavy atom. The van der Waals surface area contributed by atoms with E-state index >= 15 is 0 Å². The van der Waals surface area contributed by atoms with Gasteiger partial charge in [0.25, 0.3) is 0 Å². The number of carbonyl (C=O) groups is 4. The Bertz CT molecular complexity index is 1420. The normalized spacial score (nSPS) is 10.6. The first-order chi connectivity index (χ1) is 20.7. The van der Waals surface area contributed by atoms with Gasteiger partial charge in [0.15, 0.2) is 6.04 Å². The number of rotatable bonds is 9. The van der Waals surface area contributed by atoms with Crippen LogP contribution in [-0.2, 0) is 32.3 Å². The van der Waals surface area contributed by atoms with Gasteiger partial charge in [-0.15, -0.1) is 0 Å². The van der Waals surface area contributed by atoms with Crippen LogP contribution < -0.4 is 40.6 Å². The van der Waals surface area contributed by atoms with Crippen LogP contribution in [-0.4, -0.2) is 39.1 Å². The Morgan fingerprint density at radius 1 is 0.644 bits per heavy atom. The van der Waals surface area contributed by atoms with E-state index in [9.17, 15) is 24.3 Å². The van der Waals surface area contributed by atoms with Gasteiger partial charge in [0.2, 0.25) is 0 Å². The minimum atomic E-state index is -1.14. The van der Waals surface area contributed by atoms with Gasteiger partial charge in [0, 0.05) is 11.6 Å². The molecule has 0 heterocycles. The fraction of sp³-hybridized carbons (Fsp3) is 0.125. The summed E-state index contributed by atoms with van der Waals surface area (Å²) in [6.45, 7) is 0.330. The van der Waals surface area contributed by atoms with Crippen molar-refractivity contribution in [2.24, 2.45) is 5.73 Å². The third-order valence-corrected chi connectivity index (χ3v) is 5.58. The van der Waals surface area contributed by atoms with Crippen molar-refractivity contribution in [1.82, 2.24) is 5.32 Å². The van der Waals surface area contributed by atoms with Gasteiger partial charge in [-0.25, -0.2) is 14.4 Å². The SMILES string of the molecule is N[C@H](C(=O)O)c1ccccc1.O=C(Cl)OCc1ccccc1.O=C(N[C@H](C(=O)O)c1ccccc1)OCc1ccccc1.[Na+].[OH-]. The van der Waals surface area contributed by atoms with Crippen molar-refractivity contribution in [2.45, 2.75) is 25.3 Å². The summed E-state index contributed by atoms with van der Waals surface area (Å²) in [4.78, 5) is 43.5. The van der Waals surface area contributed by atoms with E-state index in [1.54, 1.807) is 54.6 Å². The molecule has 45 heavy (non-hydrogen) atoms. The van der Waals surface area contributed by atoms with E-state index in [0.717, 1.165) is 11.1 Å². The molecule has 0 aliphatic carbocycles. The number of hydrogen-bond donors (Lipinski definition) is 4. The molecule has 4 rings (SSSR count). The molecule has 13 heteroatoms. The average molecular weight is 647 g/mol. The number of halogens is 1. The van der Waals surface area contributed by atoms with Gasteiger partial charge in [0.05, 0.1) is 0 Å². The van der Waals surface area contributed by atoms with E-state index in [2.05, 4.69) is 10.1 Å². The number of aliphatic carboxylic acids is 2. The quantitative estimate of drug-likeness (QED) is 0.155. The second-order valence-corrected chi connectivity index (χ2v) is 8.94. The van der Waals surface area contributed by atoms with Crippen molar-refractivity contribution in [2.75, 3.05) is 0 Å². The summed E-state index contributed by atoms with van der Waals surface area (Å²) in [6.07, 6.45) is -0.768. The summed E-state index contributed by atoms with van der Waals surface area (Å²) < 4.78 is 9.57. The maximum atomic E-state index is 11.7. The molecule has 0 saturated heterocycles. The van der Waals surface area contributed by atoms with Crippen molar-refractivity contribution in [1.29, 1.82) is 0 Å². The van der Waals surface area contributed by atoms with Crippen LogP contribution in [0.2, 0.25) is 0 Å². The van der Waals surface area contributed by atoms with Crippen LogP contribution in [0.5, 0.6) is 0 Å². The van der Waals surface area contributed by atoms with Crippen LogP contribution >= 0.6 is 11.6 Å². The summed E-state index contributed by atoms with van der Waals surface area (Å²) in [5, 5.41) is 20.0. The molecule has 4 aromatic rings. The Labute approximate surface area is 287 Å². The van der Waals surface area contributed by atoms with Crippen LogP contribution in [0, 0.1) is 0 Å². The Morgan fingerprint density at radius 2 is 1.02 bits per heavy atom. The first-order valence-corrected chi connectivity index (χ1v) is 13.2. The van der Waals surface area contributed by atoms with E-state index < -0.39 is 35.5 Å². The summed E-state index contributed by atoms with van der Waals surface area (Å²) >= 11 is 4.97. The molecular weight excluding hydrogens is 615 g/mol. The number of nitrogens with two attached hydrogens (primary N) is 1. The van der Waals surface area contributed by atoms with Gasteiger partial charge in [-0.2, -0.15) is 0 Å². The molecule has 4 aromatic carbocycles. The summed E-state index contributed by atoms with van der Waals surface area (Å²) in [5.41, 5.74) is 7.45. The van der Waals surface area contributed by atoms with Crippen LogP contribution in [0.25, 0.3) is 0 Å². The minimum absolute atomic E-state index is 0. The zero-order valence-electron chi connectivity index (χ0n) is 24.4. The monoisotopic (exact) mass is 646 g/mol. The molecule has 232 valence electrons. The van der Waals surface area contributed by atoms with E-state index in [4.69, 9.17) is 27.2 Å². The zero-order chi connectivity index (χ0) is 31.5. The number of nitrogens with one attached hydrogen (secondary N) is 1. The van der Waals surface area contributed by atoms with E-state index in [1.807, 2.05) is 66.7 Å².